The van der Waals surface area contributed by atoms with Gasteiger partial charge >= 0.3 is 0 Å². The zero-order valence-electron chi connectivity index (χ0n) is 10.5. The second-order valence-corrected chi connectivity index (χ2v) is 4.55. The van der Waals surface area contributed by atoms with Crippen molar-refractivity contribution in [2.45, 2.75) is 6.54 Å². The van der Waals surface area contributed by atoms with E-state index < -0.39 is 0 Å². The fourth-order valence-electron chi connectivity index (χ4n) is 2.20. The van der Waals surface area contributed by atoms with Crippen molar-refractivity contribution in [1.29, 1.82) is 0 Å². The molecule has 94 valence electrons. The van der Waals surface area contributed by atoms with Gasteiger partial charge in [-0.15, -0.1) is 0 Å². The number of anilines is 1. The Hall–Kier alpha value is -2.39. The van der Waals surface area contributed by atoms with E-state index in [1.807, 2.05) is 30.3 Å². The van der Waals surface area contributed by atoms with Crippen LogP contribution in [-0.4, -0.2) is 4.98 Å². The Morgan fingerprint density at radius 1 is 0.895 bits per heavy atom. The Labute approximate surface area is 111 Å². The van der Waals surface area contributed by atoms with Gasteiger partial charge < -0.3 is 11.5 Å². The Bertz CT molecular complexity index is 735. The Morgan fingerprint density at radius 2 is 1.74 bits per heavy atom. The molecule has 2 aromatic carbocycles. The van der Waals surface area contributed by atoms with E-state index in [1.54, 1.807) is 0 Å². The quantitative estimate of drug-likeness (QED) is 0.734. The maximum absolute atomic E-state index is 5.69. The first-order valence-electron chi connectivity index (χ1n) is 6.22. The van der Waals surface area contributed by atoms with Crippen molar-refractivity contribution in [1.82, 2.24) is 4.98 Å². The second kappa shape index (κ2) is 4.71. The molecule has 0 unspecified atom stereocenters. The normalized spacial score (nSPS) is 10.8. The summed E-state index contributed by atoms with van der Waals surface area (Å²) in [5.41, 5.74) is 15.7. The van der Waals surface area contributed by atoms with Crippen molar-refractivity contribution < 1.29 is 0 Å². The standard InChI is InChI=1S/C16H15N3/c17-10-11-2-1-3-12(8-11)13-4-6-15-14(9-13)5-7-16(18)19-15/h1-9H,10,17H2,(H2,18,19). The SMILES string of the molecule is NCc1cccc(-c2ccc3nc(N)ccc3c2)c1. The molecule has 0 aliphatic rings. The number of hydrogen-bond donors (Lipinski definition) is 2. The van der Waals surface area contributed by atoms with Gasteiger partial charge in [0.1, 0.15) is 5.82 Å². The van der Waals surface area contributed by atoms with Gasteiger partial charge in [0.25, 0.3) is 0 Å². The minimum atomic E-state index is 0.547. The van der Waals surface area contributed by atoms with Crippen LogP contribution in [0.2, 0.25) is 0 Å². The molecule has 0 amide bonds. The summed E-state index contributed by atoms with van der Waals surface area (Å²) < 4.78 is 0. The number of pyridine rings is 1. The highest BCUT2D eigenvalue weighted by atomic mass is 14.8. The van der Waals surface area contributed by atoms with Crippen molar-refractivity contribution >= 4 is 16.7 Å². The average Bonchev–Trinajstić information content (AvgIpc) is 2.46. The number of benzene rings is 2. The van der Waals surface area contributed by atoms with Gasteiger partial charge in [0.15, 0.2) is 0 Å². The van der Waals surface area contributed by atoms with Gasteiger partial charge in [-0.25, -0.2) is 4.98 Å². The number of aromatic nitrogens is 1. The van der Waals surface area contributed by atoms with E-state index in [2.05, 4.69) is 29.2 Å². The Kier molecular flexibility index (Phi) is 2.89. The third-order valence-electron chi connectivity index (χ3n) is 3.21. The predicted molar refractivity (Wildman–Crippen MR) is 79.5 cm³/mol. The molecule has 0 fully saturated rings. The molecule has 0 aliphatic carbocycles. The molecule has 19 heavy (non-hydrogen) atoms. The van der Waals surface area contributed by atoms with Crippen molar-refractivity contribution in [3.63, 3.8) is 0 Å². The van der Waals surface area contributed by atoms with Crippen molar-refractivity contribution in [2.75, 3.05) is 5.73 Å². The molecule has 0 saturated heterocycles. The van der Waals surface area contributed by atoms with Crippen LogP contribution in [-0.2, 0) is 6.54 Å². The van der Waals surface area contributed by atoms with Gasteiger partial charge in [0.2, 0.25) is 0 Å². The first kappa shape index (κ1) is 11.7. The number of fused-ring (bicyclic) bond motifs is 1. The van der Waals surface area contributed by atoms with Crippen LogP contribution in [0.3, 0.4) is 0 Å². The van der Waals surface area contributed by atoms with E-state index in [0.717, 1.165) is 22.0 Å². The van der Waals surface area contributed by atoms with Gasteiger partial charge in [-0.3, -0.25) is 0 Å². The molecule has 3 nitrogen and oxygen atoms in total. The molecule has 0 saturated carbocycles. The molecule has 0 aliphatic heterocycles. The van der Waals surface area contributed by atoms with Crippen LogP contribution in [0.1, 0.15) is 5.56 Å². The third kappa shape index (κ3) is 2.28. The summed E-state index contributed by atoms with van der Waals surface area (Å²) in [6, 6.07) is 18.3. The molecule has 1 aromatic heterocycles. The molecule has 3 aromatic rings. The minimum Gasteiger partial charge on any atom is -0.384 e. The van der Waals surface area contributed by atoms with E-state index in [0.29, 0.717) is 12.4 Å². The summed E-state index contributed by atoms with van der Waals surface area (Å²) in [7, 11) is 0. The third-order valence-corrected chi connectivity index (χ3v) is 3.21. The lowest BCUT2D eigenvalue weighted by Gasteiger charge is -2.06. The van der Waals surface area contributed by atoms with E-state index in [9.17, 15) is 0 Å². The van der Waals surface area contributed by atoms with E-state index in [4.69, 9.17) is 11.5 Å². The lowest BCUT2D eigenvalue weighted by atomic mass is 10.0. The molecule has 0 atom stereocenters. The molecular weight excluding hydrogens is 234 g/mol. The van der Waals surface area contributed by atoms with Crippen LogP contribution in [0.15, 0.2) is 54.6 Å². The summed E-state index contributed by atoms with van der Waals surface area (Å²) >= 11 is 0. The number of nitrogens with two attached hydrogens (primary N) is 2. The highest BCUT2D eigenvalue weighted by molar-refractivity contribution is 5.85. The molecule has 0 radical (unpaired) electrons. The van der Waals surface area contributed by atoms with Crippen LogP contribution in [0, 0.1) is 0 Å². The van der Waals surface area contributed by atoms with Crippen molar-refractivity contribution in [3.05, 3.63) is 60.2 Å². The largest absolute Gasteiger partial charge is 0.384 e. The molecule has 1 heterocycles. The first-order valence-corrected chi connectivity index (χ1v) is 6.22. The van der Waals surface area contributed by atoms with Crippen LogP contribution in [0.4, 0.5) is 5.82 Å². The van der Waals surface area contributed by atoms with Crippen molar-refractivity contribution in [2.24, 2.45) is 5.73 Å². The highest BCUT2D eigenvalue weighted by Gasteiger charge is 2.02. The maximum atomic E-state index is 5.69. The molecule has 0 bridgehead atoms. The molecular formula is C16H15N3. The highest BCUT2D eigenvalue weighted by Crippen LogP contribution is 2.24. The van der Waals surface area contributed by atoms with Gasteiger partial charge in [-0.1, -0.05) is 24.3 Å². The van der Waals surface area contributed by atoms with Gasteiger partial charge in [0.05, 0.1) is 5.52 Å². The Balaban J connectivity index is 2.12. The van der Waals surface area contributed by atoms with E-state index in [1.165, 1.54) is 5.56 Å². The zero-order chi connectivity index (χ0) is 13.2. The molecule has 4 N–H and O–H groups in total. The smallest absolute Gasteiger partial charge is 0.124 e. The number of nitrogens with zero attached hydrogens (tertiary/aromatic N) is 1. The second-order valence-electron chi connectivity index (χ2n) is 4.55. The van der Waals surface area contributed by atoms with Crippen LogP contribution in [0.25, 0.3) is 22.0 Å². The van der Waals surface area contributed by atoms with Crippen LogP contribution < -0.4 is 11.5 Å². The zero-order valence-corrected chi connectivity index (χ0v) is 10.5. The van der Waals surface area contributed by atoms with Gasteiger partial charge in [0, 0.05) is 11.9 Å². The molecule has 0 spiro atoms. The summed E-state index contributed by atoms with van der Waals surface area (Å²) in [5.74, 6) is 0.547. The molecule has 3 rings (SSSR count). The number of rotatable bonds is 2. The summed E-state index contributed by atoms with van der Waals surface area (Å²) in [6.45, 7) is 0.555. The first-order chi connectivity index (χ1) is 9.26. The summed E-state index contributed by atoms with van der Waals surface area (Å²) in [6.07, 6.45) is 0. The number of nitrogen functional groups attached to an aromatic ring is 1. The fraction of sp³-hybridized carbons (Fsp3) is 0.0625. The van der Waals surface area contributed by atoms with Gasteiger partial charge in [-0.05, 0) is 47.0 Å². The van der Waals surface area contributed by atoms with Crippen LogP contribution >= 0.6 is 0 Å². The minimum absolute atomic E-state index is 0.547. The maximum Gasteiger partial charge on any atom is 0.124 e. The summed E-state index contributed by atoms with van der Waals surface area (Å²) in [5, 5.41) is 1.09. The Morgan fingerprint density at radius 3 is 2.58 bits per heavy atom. The lowest BCUT2D eigenvalue weighted by Crippen LogP contribution is -1.95. The molecule has 3 heteroatoms. The van der Waals surface area contributed by atoms with Crippen molar-refractivity contribution in [3.8, 4) is 11.1 Å². The topological polar surface area (TPSA) is 64.9 Å². The van der Waals surface area contributed by atoms with E-state index in [-0.39, 0.29) is 0 Å². The summed E-state index contributed by atoms with van der Waals surface area (Å²) in [4.78, 5) is 4.30. The fourth-order valence-corrected chi connectivity index (χ4v) is 2.20. The van der Waals surface area contributed by atoms with E-state index >= 15 is 0 Å². The lowest BCUT2D eigenvalue weighted by molar-refractivity contribution is 1.07. The monoisotopic (exact) mass is 249 g/mol. The number of hydrogen-bond acceptors (Lipinski definition) is 3. The van der Waals surface area contributed by atoms with Crippen LogP contribution in [0.5, 0.6) is 0 Å². The van der Waals surface area contributed by atoms with Gasteiger partial charge in [-0.2, -0.15) is 0 Å². The average molecular weight is 249 g/mol. The predicted octanol–water partition coefficient (Wildman–Crippen LogP) is 2.94.